The van der Waals surface area contributed by atoms with Gasteiger partial charge in [0.05, 0.1) is 25.5 Å². The number of para-hydroxylation sites is 1. The van der Waals surface area contributed by atoms with Crippen LogP contribution in [-0.2, 0) is 0 Å². The zero-order chi connectivity index (χ0) is 22.2. The molecule has 0 unspecified atom stereocenters. The third-order valence-electron chi connectivity index (χ3n) is 5.71. The van der Waals surface area contributed by atoms with Crippen LogP contribution in [0.25, 0.3) is 0 Å². The number of halogens is 2. The van der Waals surface area contributed by atoms with Crippen molar-refractivity contribution in [1.29, 1.82) is 0 Å². The molecular formula is C25H22F2N2O3. The molecule has 3 aromatic carbocycles. The van der Waals surface area contributed by atoms with Crippen molar-refractivity contribution in [3.8, 4) is 17.2 Å². The second-order valence-corrected chi connectivity index (χ2v) is 7.63. The van der Waals surface area contributed by atoms with Crippen LogP contribution < -0.4 is 14.2 Å². The Labute approximate surface area is 184 Å². The van der Waals surface area contributed by atoms with Crippen molar-refractivity contribution in [2.24, 2.45) is 5.10 Å². The van der Waals surface area contributed by atoms with Crippen molar-refractivity contribution in [1.82, 2.24) is 5.01 Å². The molecule has 0 amide bonds. The van der Waals surface area contributed by atoms with Gasteiger partial charge in [-0.2, -0.15) is 5.10 Å². The van der Waals surface area contributed by atoms with Gasteiger partial charge in [0, 0.05) is 23.1 Å². The molecule has 0 spiro atoms. The molecule has 0 saturated carbocycles. The maximum absolute atomic E-state index is 14.1. The lowest BCUT2D eigenvalue weighted by Gasteiger charge is -2.38. The summed E-state index contributed by atoms with van der Waals surface area (Å²) in [6.07, 6.45) is -0.105. The first-order chi connectivity index (χ1) is 15.6. The highest BCUT2D eigenvalue weighted by atomic mass is 19.2. The van der Waals surface area contributed by atoms with Gasteiger partial charge in [0.1, 0.15) is 5.75 Å². The predicted molar refractivity (Wildman–Crippen MR) is 116 cm³/mol. The van der Waals surface area contributed by atoms with Crippen molar-refractivity contribution in [3.63, 3.8) is 0 Å². The molecule has 2 atom stereocenters. The number of fused-ring (bicyclic) bond motifs is 3. The van der Waals surface area contributed by atoms with Crippen molar-refractivity contribution >= 4 is 5.71 Å². The zero-order valence-corrected chi connectivity index (χ0v) is 17.7. The number of hydrogen-bond acceptors (Lipinski definition) is 5. The zero-order valence-electron chi connectivity index (χ0n) is 17.7. The molecule has 0 N–H and O–H groups in total. The summed E-state index contributed by atoms with van der Waals surface area (Å²) in [5.74, 6) is 0.128. The monoisotopic (exact) mass is 436 g/mol. The van der Waals surface area contributed by atoms with E-state index in [9.17, 15) is 8.78 Å². The lowest BCUT2D eigenvalue weighted by atomic mass is 9.95. The largest absolute Gasteiger partial charge is 0.497 e. The lowest BCUT2D eigenvalue weighted by molar-refractivity contribution is -0.0214. The fourth-order valence-electron chi connectivity index (χ4n) is 4.22. The van der Waals surface area contributed by atoms with Gasteiger partial charge < -0.3 is 14.2 Å². The molecule has 2 heterocycles. The highest BCUT2D eigenvalue weighted by Gasteiger charge is 2.42. The summed E-state index contributed by atoms with van der Waals surface area (Å²) < 4.78 is 45.1. The van der Waals surface area contributed by atoms with Gasteiger partial charge in [-0.25, -0.2) is 13.8 Å². The van der Waals surface area contributed by atoms with Gasteiger partial charge in [-0.15, -0.1) is 0 Å². The molecule has 0 aliphatic carbocycles. The Hall–Kier alpha value is -3.61. The van der Waals surface area contributed by atoms with E-state index in [2.05, 4.69) is 0 Å². The molecule has 0 radical (unpaired) electrons. The van der Waals surface area contributed by atoms with Gasteiger partial charge in [0.2, 0.25) is 6.23 Å². The molecule has 0 fully saturated rings. The predicted octanol–water partition coefficient (Wildman–Crippen LogP) is 5.61. The van der Waals surface area contributed by atoms with Crippen LogP contribution in [0.4, 0.5) is 8.78 Å². The number of benzene rings is 3. The van der Waals surface area contributed by atoms with E-state index < -0.39 is 17.9 Å². The van der Waals surface area contributed by atoms with Gasteiger partial charge in [-0.05, 0) is 37.3 Å². The normalized spacial score (nSPS) is 19.0. The van der Waals surface area contributed by atoms with Crippen molar-refractivity contribution in [2.75, 3.05) is 13.7 Å². The van der Waals surface area contributed by atoms with E-state index in [1.165, 1.54) is 6.07 Å². The van der Waals surface area contributed by atoms with Crippen LogP contribution >= 0.6 is 0 Å². The van der Waals surface area contributed by atoms with E-state index >= 15 is 0 Å². The summed E-state index contributed by atoms with van der Waals surface area (Å²) in [6.45, 7) is 2.39. The topological polar surface area (TPSA) is 43.3 Å². The second-order valence-electron chi connectivity index (χ2n) is 7.63. The minimum absolute atomic E-state index is 0.140. The van der Waals surface area contributed by atoms with E-state index in [0.717, 1.165) is 34.7 Å². The quantitative estimate of drug-likeness (QED) is 0.521. The fourth-order valence-corrected chi connectivity index (χ4v) is 4.22. The van der Waals surface area contributed by atoms with Crippen LogP contribution in [-0.4, -0.2) is 24.4 Å². The lowest BCUT2D eigenvalue weighted by Crippen LogP contribution is -2.34. The molecule has 164 valence electrons. The maximum Gasteiger partial charge on any atom is 0.214 e. The first-order valence-electron chi connectivity index (χ1n) is 10.5. The molecular weight excluding hydrogens is 414 g/mol. The summed E-state index contributed by atoms with van der Waals surface area (Å²) in [6, 6.07) is 17.1. The van der Waals surface area contributed by atoms with E-state index in [4.69, 9.17) is 19.3 Å². The van der Waals surface area contributed by atoms with Gasteiger partial charge in [-0.3, -0.25) is 0 Å². The molecule has 0 saturated heterocycles. The minimum atomic E-state index is -0.928. The highest BCUT2D eigenvalue weighted by Crippen LogP contribution is 2.50. The van der Waals surface area contributed by atoms with E-state index in [1.54, 1.807) is 7.11 Å². The molecule has 0 aromatic heterocycles. The molecule has 7 heteroatoms. The molecule has 2 aliphatic heterocycles. The summed E-state index contributed by atoms with van der Waals surface area (Å²) in [5.41, 5.74) is 3.21. The summed E-state index contributed by atoms with van der Waals surface area (Å²) in [7, 11) is 1.62. The summed E-state index contributed by atoms with van der Waals surface area (Å²) >= 11 is 0. The Kier molecular flexibility index (Phi) is 5.17. The molecule has 5 rings (SSSR count). The van der Waals surface area contributed by atoms with E-state index in [-0.39, 0.29) is 6.04 Å². The Morgan fingerprint density at radius 1 is 1.06 bits per heavy atom. The molecule has 32 heavy (non-hydrogen) atoms. The Morgan fingerprint density at radius 2 is 1.91 bits per heavy atom. The standard InChI is InChI=1S/C25H22F2N2O3/c1-3-31-23-9-5-8-18-22-14-21(15-6-4-7-17(12-15)30-2)28-29(22)25(32-24(18)23)16-10-11-19(26)20(27)13-16/h4-13,22,25H,3,14H2,1-2H3/t22-,25-/m0/s1. The van der Waals surface area contributed by atoms with Crippen LogP contribution in [0.5, 0.6) is 17.2 Å². The van der Waals surface area contributed by atoms with E-state index in [0.29, 0.717) is 30.1 Å². The molecule has 5 nitrogen and oxygen atoms in total. The highest BCUT2D eigenvalue weighted by molar-refractivity contribution is 6.02. The van der Waals surface area contributed by atoms with Crippen LogP contribution in [0, 0.1) is 11.6 Å². The molecule has 0 bridgehead atoms. The number of rotatable bonds is 5. The van der Waals surface area contributed by atoms with Gasteiger partial charge in [-0.1, -0.05) is 30.3 Å². The minimum Gasteiger partial charge on any atom is -0.497 e. The number of methoxy groups -OCH3 is 1. The fraction of sp³-hybridized carbons (Fsp3) is 0.240. The van der Waals surface area contributed by atoms with Gasteiger partial charge in [0.15, 0.2) is 23.1 Å². The number of hydrazone groups is 1. The summed E-state index contributed by atoms with van der Waals surface area (Å²) in [5, 5.41) is 6.67. The number of nitrogens with zero attached hydrogens (tertiary/aromatic N) is 2. The van der Waals surface area contributed by atoms with Crippen LogP contribution in [0.1, 0.15) is 42.3 Å². The van der Waals surface area contributed by atoms with E-state index in [1.807, 2.05) is 54.4 Å². The Bertz CT molecular complexity index is 1200. The Morgan fingerprint density at radius 3 is 2.69 bits per heavy atom. The average Bonchev–Trinajstić information content (AvgIpc) is 3.27. The Balaban J connectivity index is 1.61. The SMILES string of the molecule is CCOc1cccc2c1O[C@@H](c1ccc(F)c(F)c1)N1N=C(c3cccc(OC)c3)C[C@@H]21. The van der Waals surface area contributed by atoms with Crippen molar-refractivity contribution in [2.45, 2.75) is 25.6 Å². The molecule has 2 aliphatic rings. The van der Waals surface area contributed by atoms with Crippen LogP contribution in [0.2, 0.25) is 0 Å². The summed E-state index contributed by atoms with van der Waals surface area (Å²) in [4.78, 5) is 0. The average molecular weight is 436 g/mol. The second kappa shape index (κ2) is 8.15. The van der Waals surface area contributed by atoms with Crippen LogP contribution in [0.3, 0.4) is 0 Å². The maximum atomic E-state index is 14.1. The third-order valence-corrected chi connectivity index (χ3v) is 5.71. The molecule has 3 aromatic rings. The third kappa shape index (κ3) is 3.43. The number of ether oxygens (including phenoxy) is 3. The van der Waals surface area contributed by atoms with Crippen molar-refractivity contribution in [3.05, 3.63) is 89.0 Å². The first-order valence-corrected chi connectivity index (χ1v) is 10.5. The first kappa shape index (κ1) is 20.3. The van der Waals surface area contributed by atoms with Gasteiger partial charge >= 0.3 is 0 Å². The smallest absolute Gasteiger partial charge is 0.214 e. The van der Waals surface area contributed by atoms with Crippen LogP contribution in [0.15, 0.2) is 65.8 Å². The van der Waals surface area contributed by atoms with Gasteiger partial charge in [0.25, 0.3) is 0 Å². The van der Waals surface area contributed by atoms with Crippen molar-refractivity contribution < 1.29 is 23.0 Å². The number of hydrogen-bond donors (Lipinski definition) is 0.